The molecule has 0 aliphatic heterocycles. The van der Waals surface area contributed by atoms with Crippen LogP contribution in [0.4, 0.5) is 17.5 Å². The molecule has 1 aromatic heterocycles. The van der Waals surface area contributed by atoms with Crippen molar-refractivity contribution >= 4 is 27.5 Å². The molecule has 0 bridgehead atoms. The summed E-state index contributed by atoms with van der Waals surface area (Å²) < 4.78 is 27.1. The van der Waals surface area contributed by atoms with Crippen molar-refractivity contribution in [1.82, 2.24) is 14.9 Å². The van der Waals surface area contributed by atoms with Gasteiger partial charge in [0.15, 0.2) is 0 Å². The number of anilines is 3. The third-order valence-corrected chi connectivity index (χ3v) is 5.27. The predicted octanol–water partition coefficient (Wildman–Crippen LogP) is 2.00. The molecule has 1 heterocycles. The SMILES string of the molecule is CCN(CC)CCCNc1ccnc(NS(=O)(=O)c2ccc(N)cc2)n1. The van der Waals surface area contributed by atoms with Crippen LogP contribution in [0.25, 0.3) is 0 Å². The van der Waals surface area contributed by atoms with Gasteiger partial charge in [-0.05, 0) is 56.4 Å². The van der Waals surface area contributed by atoms with Gasteiger partial charge in [-0.2, -0.15) is 4.98 Å². The second kappa shape index (κ2) is 9.35. The maximum Gasteiger partial charge on any atom is 0.264 e. The molecule has 0 spiro atoms. The Hall–Kier alpha value is -2.39. The lowest BCUT2D eigenvalue weighted by atomic mass is 10.3. The van der Waals surface area contributed by atoms with E-state index in [9.17, 15) is 8.42 Å². The van der Waals surface area contributed by atoms with E-state index in [1.807, 2.05) is 0 Å². The smallest absolute Gasteiger partial charge is 0.264 e. The average Bonchev–Trinajstić information content (AvgIpc) is 2.62. The highest BCUT2D eigenvalue weighted by Gasteiger charge is 2.15. The largest absolute Gasteiger partial charge is 0.399 e. The van der Waals surface area contributed by atoms with Crippen molar-refractivity contribution in [3.63, 3.8) is 0 Å². The molecule has 0 amide bonds. The van der Waals surface area contributed by atoms with Crippen molar-refractivity contribution in [3.8, 4) is 0 Å². The minimum Gasteiger partial charge on any atom is -0.399 e. The summed E-state index contributed by atoms with van der Waals surface area (Å²) >= 11 is 0. The van der Waals surface area contributed by atoms with Crippen molar-refractivity contribution in [1.29, 1.82) is 0 Å². The monoisotopic (exact) mass is 378 g/mol. The zero-order valence-electron chi connectivity index (χ0n) is 15.1. The van der Waals surface area contributed by atoms with Crippen molar-refractivity contribution in [3.05, 3.63) is 36.5 Å². The Balaban J connectivity index is 1.95. The number of aromatic nitrogens is 2. The summed E-state index contributed by atoms with van der Waals surface area (Å²) in [6.45, 7) is 8.09. The van der Waals surface area contributed by atoms with E-state index < -0.39 is 10.0 Å². The van der Waals surface area contributed by atoms with Gasteiger partial charge in [0.2, 0.25) is 5.95 Å². The third kappa shape index (κ3) is 5.85. The van der Waals surface area contributed by atoms with Crippen LogP contribution in [0.15, 0.2) is 41.4 Å². The van der Waals surface area contributed by atoms with Gasteiger partial charge in [0.1, 0.15) is 5.82 Å². The zero-order chi connectivity index (χ0) is 19.0. The van der Waals surface area contributed by atoms with Gasteiger partial charge in [0, 0.05) is 18.4 Å². The first-order valence-corrected chi connectivity index (χ1v) is 10.1. The molecule has 0 atom stereocenters. The van der Waals surface area contributed by atoms with Crippen LogP contribution < -0.4 is 15.8 Å². The normalized spacial score (nSPS) is 11.5. The van der Waals surface area contributed by atoms with Crippen molar-refractivity contribution in [2.24, 2.45) is 0 Å². The first-order chi connectivity index (χ1) is 12.4. The maximum absolute atomic E-state index is 12.4. The van der Waals surface area contributed by atoms with E-state index >= 15 is 0 Å². The van der Waals surface area contributed by atoms with Crippen molar-refractivity contribution in [2.45, 2.75) is 25.2 Å². The van der Waals surface area contributed by atoms with E-state index in [1.54, 1.807) is 6.07 Å². The first kappa shape index (κ1) is 19.9. The first-order valence-electron chi connectivity index (χ1n) is 8.62. The molecule has 0 radical (unpaired) electrons. The Morgan fingerprint density at radius 2 is 1.81 bits per heavy atom. The van der Waals surface area contributed by atoms with E-state index in [0.717, 1.165) is 32.6 Å². The highest BCUT2D eigenvalue weighted by Crippen LogP contribution is 2.15. The molecule has 26 heavy (non-hydrogen) atoms. The molecule has 4 N–H and O–H groups in total. The number of hydrogen-bond donors (Lipinski definition) is 3. The minimum absolute atomic E-state index is 0.0237. The highest BCUT2D eigenvalue weighted by atomic mass is 32.2. The maximum atomic E-state index is 12.4. The van der Waals surface area contributed by atoms with Crippen LogP contribution in [0.2, 0.25) is 0 Å². The number of rotatable bonds is 10. The van der Waals surface area contributed by atoms with Gasteiger partial charge < -0.3 is 16.0 Å². The molecule has 9 heteroatoms. The van der Waals surface area contributed by atoms with Crippen LogP contribution in [0.5, 0.6) is 0 Å². The summed E-state index contributed by atoms with van der Waals surface area (Å²) in [7, 11) is -3.76. The quantitative estimate of drug-likeness (QED) is 0.428. The zero-order valence-corrected chi connectivity index (χ0v) is 16.0. The summed E-state index contributed by atoms with van der Waals surface area (Å²) in [5, 5.41) is 3.19. The fourth-order valence-corrected chi connectivity index (χ4v) is 3.34. The summed E-state index contributed by atoms with van der Waals surface area (Å²) in [6.07, 6.45) is 2.48. The van der Waals surface area contributed by atoms with Gasteiger partial charge >= 0.3 is 0 Å². The van der Waals surface area contributed by atoms with E-state index in [4.69, 9.17) is 5.73 Å². The Kier molecular flexibility index (Phi) is 7.16. The van der Waals surface area contributed by atoms with Gasteiger partial charge in [-0.25, -0.2) is 18.1 Å². The lowest BCUT2D eigenvalue weighted by molar-refractivity contribution is 0.303. The molecule has 1 aromatic carbocycles. The number of sulfonamides is 1. The van der Waals surface area contributed by atoms with Crippen molar-refractivity contribution < 1.29 is 8.42 Å². The standard InChI is InChI=1S/C17H26N6O2S/c1-3-23(4-2)13-5-11-19-16-10-12-20-17(21-16)22-26(24,25)15-8-6-14(18)7-9-15/h6-10,12H,3-5,11,13,18H2,1-2H3,(H2,19,20,21,22). The number of hydrogen-bond acceptors (Lipinski definition) is 7. The van der Waals surface area contributed by atoms with Gasteiger partial charge in [-0.3, -0.25) is 0 Å². The van der Waals surface area contributed by atoms with Crippen LogP contribution in [-0.2, 0) is 10.0 Å². The second-order valence-corrected chi connectivity index (χ2v) is 7.43. The second-order valence-electron chi connectivity index (χ2n) is 5.75. The molecule has 142 valence electrons. The molecule has 0 aliphatic rings. The van der Waals surface area contributed by atoms with Gasteiger partial charge in [-0.15, -0.1) is 0 Å². The van der Waals surface area contributed by atoms with Crippen LogP contribution in [0.3, 0.4) is 0 Å². The Morgan fingerprint density at radius 3 is 2.46 bits per heavy atom. The average molecular weight is 379 g/mol. The molecular formula is C17H26N6O2S. The Bertz CT molecular complexity index is 791. The van der Waals surface area contributed by atoms with E-state index in [1.165, 1.54) is 30.5 Å². The number of nitrogen functional groups attached to an aromatic ring is 1. The molecule has 0 saturated carbocycles. The van der Waals surface area contributed by atoms with E-state index in [-0.39, 0.29) is 10.8 Å². The lowest BCUT2D eigenvalue weighted by Gasteiger charge is -2.17. The van der Waals surface area contributed by atoms with E-state index in [2.05, 4.69) is 38.8 Å². The fraction of sp³-hybridized carbons (Fsp3) is 0.412. The summed E-state index contributed by atoms with van der Waals surface area (Å²) in [5.74, 6) is 0.602. The summed E-state index contributed by atoms with van der Waals surface area (Å²) in [6, 6.07) is 7.64. The van der Waals surface area contributed by atoms with Crippen molar-refractivity contribution in [2.75, 3.05) is 42.0 Å². The highest BCUT2D eigenvalue weighted by molar-refractivity contribution is 7.92. The fourth-order valence-electron chi connectivity index (χ4n) is 2.39. The van der Waals surface area contributed by atoms with Gasteiger partial charge in [0.05, 0.1) is 4.90 Å². The Labute approximate surface area is 154 Å². The number of nitrogens with zero attached hydrogens (tertiary/aromatic N) is 3. The predicted molar refractivity (Wildman–Crippen MR) is 105 cm³/mol. The third-order valence-electron chi connectivity index (χ3n) is 3.92. The topological polar surface area (TPSA) is 113 Å². The number of nitrogens with one attached hydrogen (secondary N) is 2. The van der Waals surface area contributed by atoms with Gasteiger partial charge in [-0.1, -0.05) is 13.8 Å². The van der Waals surface area contributed by atoms with E-state index in [0.29, 0.717) is 11.5 Å². The number of nitrogens with two attached hydrogens (primary N) is 1. The summed E-state index contributed by atoms with van der Waals surface area (Å²) in [4.78, 5) is 10.6. The minimum atomic E-state index is -3.76. The van der Waals surface area contributed by atoms with Crippen LogP contribution in [0.1, 0.15) is 20.3 Å². The summed E-state index contributed by atoms with van der Waals surface area (Å²) in [5.41, 5.74) is 6.08. The van der Waals surface area contributed by atoms with Crippen LogP contribution >= 0.6 is 0 Å². The van der Waals surface area contributed by atoms with Crippen LogP contribution in [-0.4, -0.2) is 49.5 Å². The molecule has 2 aromatic rings. The molecule has 0 unspecified atom stereocenters. The molecule has 0 saturated heterocycles. The lowest BCUT2D eigenvalue weighted by Crippen LogP contribution is -2.25. The molecular weight excluding hydrogens is 352 g/mol. The van der Waals surface area contributed by atoms with Crippen LogP contribution in [0, 0.1) is 0 Å². The molecule has 8 nitrogen and oxygen atoms in total. The molecule has 0 fully saturated rings. The van der Waals surface area contributed by atoms with Gasteiger partial charge in [0.25, 0.3) is 10.0 Å². The Morgan fingerprint density at radius 1 is 1.12 bits per heavy atom. The molecule has 0 aliphatic carbocycles. The molecule has 2 rings (SSSR count). The number of benzene rings is 1.